The van der Waals surface area contributed by atoms with E-state index in [0.717, 1.165) is 38.2 Å². The summed E-state index contributed by atoms with van der Waals surface area (Å²) in [6, 6.07) is 7.48. The zero-order chi connectivity index (χ0) is 12.8. The molecule has 1 aromatic rings. The number of nitrogens with zero attached hydrogens (tertiary/aromatic N) is 1. The molecule has 0 fully saturated rings. The maximum absolute atomic E-state index is 10.4. The van der Waals surface area contributed by atoms with Crippen LogP contribution in [0.1, 0.15) is 18.4 Å². The van der Waals surface area contributed by atoms with E-state index in [0.29, 0.717) is 5.69 Å². The molecule has 18 heavy (non-hydrogen) atoms. The van der Waals surface area contributed by atoms with Gasteiger partial charge in [-0.15, -0.1) is 0 Å². The molecule has 5 heteroatoms. The topological polar surface area (TPSA) is 73.7 Å². The lowest BCUT2D eigenvalue weighted by Gasteiger charge is -2.05. The van der Waals surface area contributed by atoms with Crippen molar-refractivity contribution in [2.75, 3.05) is 18.4 Å². The number of anilines is 1. The van der Waals surface area contributed by atoms with E-state index in [-0.39, 0.29) is 0 Å². The number of aryl methyl sites for hydroxylation is 1. The van der Waals surface area contributed by atoms with E-state index in [1.54, 1.807) is 12.1 Å². The Morgan fingerprint density at radius 2 is 2.11 bits per heavy atom. The van der Waals surface area contributed by atoms with E-state index >= 15 is 0 Å². The number of aliphatic imine (C=N–C) groups is 1. The van der Waals surface area contributed by atoms with Gasteiger partial charge in [0.05, 0.1) is 12.4 Å². The molecule has 0 radical (unpaired) electrons. The van der Waals surface area contributed by atoms with Crippen molar-refractivity contribution in [2.45, 2.75) is 19.3 Å². The van der Waals surface area contributed by atoms with Crippen LogP contribution >= 0.6 is 0 Å². The highest BCUT2D eigenvalue weighted by Crippen LogP contribution is 2.12. The molecule has 3 N–H and O–H groups in total. The quantitative estimate of drug-likeness (QED) is 0.746. The van der Waals surface area contributed by atoms with Crippen LogP contribution in [0.25, 0.3) is 0 Å². The normalized spacial score (nSPS) is 13.9. The molecule has 0 saturated heterocycles. The molecule has 1 amide bonds. The van der Waals surface area contributed by atoms with Crippen molar-refractivity contribution >= 4 is 17.6 Å². The Hall–Kier alpha value is -2.04. The molecule has 1 aromatic carbocycles. The number of rotatable bonds is 5. The standard InChI is InChI=1S/C13H17N3O2/c17-13(18)16-11-6-4-10(5-7-11)2-1-3-12-14-8-9-15-12/h4-7,16H,1-3,8-9H2,(H,14,15)(H,17,18). The summed E-state index contributed by atoms with van der Waals surface area (Å²) in [6.07, 6.45) is 1.98. The van der Waals surface area contributed by atoms with Gasteiger partial charge in [-0.3, -0.25) is 10.3 Å². The van der Waals surface area contributed by atoms with Crippen molar-refractivity contribution in [3.63, 3.8) is 0 Å². The Labute approximate surface area is 106 Å². The van der Waals surface area contributed by atoms with Crippen molar-refractivity contribution in [3.05, 3.63) is 29.8 Å². The van der Waals surface area contributed by atoms with Crippen LogP contribution in [-0.2, 0) is 6.42 Å². The summed E-state index contributed by atoms with van der Waals surface area (Å²) in [4.78, 5) is 14.8. The van der Waals surface area contributed by atoms with E-state index < -0.39 is 6.09 Å². The molecule has 0 saturated carbocycles. The van der Waals surface area contributed by atoms with Gasteiger partial charge in [-0.25, -0.2) is 4.79 Å². The maximum Gasteiger partial charge on any atom is 0.409 e. The largest absolute Gasteiger partial charge is 0.465 e. The molecule has 0 spiro atoms. The molecule has 96 valence electrons. The van der Waals surface area contributed by atoms with Crippen LogP contribution in [0, 0.1) is 0 Å². The molecular formula is C13H17N3O2. The van der Waals surface area contributed by atoms with Crippen LogP contribution in [0.2, 0.25) is 0 Å². The fraction of sp³-hybridized carbons (Fsp3) is 0.385. The summed E-state index contributed by atoms with van der Waals surface area (Å²) in [5.41, 5.74) is 1.82. The number of nitrogens with one attached hydrogen (secondary N) is 2. The molecule has 0 aliphatic carbocycles. The van der Waals surface area contributed by atoms with Crippen LogP contribution in [0.15, 0.2) is 29.3 Å². The van der Waals surface area contributed by atoms with Crippen molar-refractivity contribution < 1.29 is 9.90 Å². The van der Waals surface area contributed by atoms with Crippen LogP contribution < -0.4 is 10.6 Å². The Bertz CT molecular complexity index is 440. The van der Waals surface area contributed by atoms with Crippen molar-refractivity contribution in [3.8, 4) is 0 Å². The summed E-state index contributed by atoms with van der Waals surface area (Å²) in [6.45, 7) is 1.86. The van der Waals surface area contributed by atoms with Gasteiger partial charge in [0.25, 0.3) is 0 Å². The minimum absolute atomic E-state index is 0.605. The molecule has 1 aliphatic rings. The highest BCUT2D eigenvalue weighted by molar-refractivity contribution is 5.83. The maximum atomic E-state index is 10.4. The first-order valence-electron chi connectivity index (χ1n) is 6.10. The molecule has 0 atom stereocenters. The molecule has 0 unspecified atom stereocenters. The van der Waals surface area contributed by atoms with Gasteiger partial charge in [0, 0.05) is 18.7 Å². The van der Waals surface area contributed by atoms with Gasteiger partial charge >= 0.3 is 6.09 Å². The predicted octanol–water partition coefficient (Wildman–Crippen LogP) is 2.10. The molecule has 5 nitrogen and oxygen atoms in total. The Morgan fingerprint density at radius 3 is 2.72 bits per heavy atom. The van der Waals surface area contributed by atoms with Gasteiger partial charge < -0.3 is 10.4 Å². The zero-order valence-electron chi connectivity index (χ0n) is 10.1. The van der Waals surface area contributed by atoms with Gasteiger partial charge in [-0.05, 0) is 30.5 Å². The van der Waals surface area contributed by atoms with E-state index in [1.807, 2.05) is 12.1 Å². The third-order valence-electron chi connectivity index (χ3n) is 2.83. The monoisotopic (exact) mass is 247 g/mol. The fourth-order valence-electron chi connectivity index (χ4n) is 1.95. The second-order valence-corrected chi connectivity index (χ2v) is 4.24. The highest BCUT2D eigenvalue weighted by Gasteiger charge is 2.04. The third-order valence-corrected chi connectivity index (χ3v) is 2.83. The predicted molar refractivity (Wildman–Crippen MR) is 71.3 cm³/mol. The number of amides is 1. The van der Waals surface area contributed by atoms with Crippen molar-refractivity contribution in [2.24, 2.45) is 4.99 Å². The summed E-state index contributed by atoms with van der Waals surface area (Å²) in [5.74, 6) is 1.11. The lowest BCUT2D eigenvalue weighted by atomic mass is 10.1. The Kier molecular flexibility index (Phi) is 4.17. The number of hydrogen-bond acceptors (Lipinski definition) is 3. The number of hydrogen-bond donors (Lipinski definition) is 3. The van der Waals surface area contributed by atoms with E-state index in [1.165, 1.54) is 5.56 Å². The minimum Gasteiger partial charge on any atom is -0.465 e. The first kappa shape index (κ1) is 12.4. The number of amidine groups is 1. The van der Waals surface area contributed by atoms with Gasteiger partial charge in [-0.2, -0.15) is 0 Å². The van der Waals surface area contributed by atoms with Gasteiger partial charge in [0.1, 0.15) is 0 Å². The average molecular weight is 247 g/mol. The number of carbonyl (C=O) groups is 1. The average Bonchev–Trinajstić information content (AvgIpc) is 2.84. The SMILES string of the molecule is O=C(O)Nc1ccc(CCCC2=NCCN2)cc1. The summed E-state index contributed by atoms with van der Waals surface area (Å²) >= 11 is 0. The first-order chi connectivity index (χ1) is 8.74. The summed E-state index contributed by atoms with van der Waals surface area (Å²) in [7, 11) is 0. The van der Waals surface area contributed by atoms with Crippen LogP contribution in [0.5, 0.6) is 0 Å². The zero-order valence-corrected chi connectivity index (χ0v) is 10.1. The van der Waals surface area contributed by atoms with Gasteiger partial charge in [0.2, 0.25) is 0 Å². The van der Waals surface area contributed by atoms with Crippen molar-refractivity contribution in [1.82, 2.24) is 5.32 Å². The lowest BCUT2D eigenvalue weighted by molar-refractivity contribution is 0.210. The van der Waals surface area contributed by atoms with Crippen LogP contribution in [0.3, 0.4) is 0 Å². The smallest absolute Gasteiger partial charge is 0.409 e. The first-order valence-corrected chi connectivity index (χ1v) is 6.10. The molecule has 0 aromatic heterocycles. The Balaban J connectivity index is 1.77. The second-order valence-electron chi connectivity index (χ2n) is 4.24. The van der Waals surface area contributed by atoms with Crippen LogP contribution in [-0.4, -0.2) is 30.1 Å². The fourth-order valence-corrected chi connectivity index (χ4v) is 1.95. The van der Waals surface area contributed by atoms with Gasteiger partial charge in [0.15, 0.2) is 0 Å². The van der Waals surface area contributed by atoms with E-state index in [2.05, 4.69) is 15.6 Å². The minimum atomic E-state index is -1.03. The van der Waals surface area contributed by atoms with E-state index in [9.17, 15) is 4.79 Å². The highest BCUT2D eigenvalue weighted by atomic mass is 16.4. The number of benzene rings is 1. The molecule has 1 heterocycles. The summed E-state index contributed by atoms with van der Waals surface area (Å²) < 4.78 is 0. The molecular weight excluding hydrogens is 230 g/mol. The molecule has 2 rings (SSSR count). The van der Waals surface area contributed by atoms with Gasteiger partial charge in [-0.1, -0.05) is 12.1 Å². The summed E-state index contributed by atoms with van der Waals surface area (Å²) in [5, 5.41) is 14.1. The Morgan fingerprint density at radius 1 is 1.33 bits per heavy atom. The van der Waals surface area contributed by atoms with Crippen molar-refractivity contribution in [1.29, 1.82) is 0 Å². The molecule has 1 aliphatic heterocycles. The second kappa shape index (κ2) is 6.05. The molecule has 0 bridgehead atoms. The number of carboxylic acid groups (broad SMARTS) is 1. The van der Waals surface area contributed by atoms with Crippen LogP contribution in [0.4, 0.5) is 10.5 Å². The van der Waals surface area contributed by atoms with E-state index in [4.69, 9.17) is 5.11 Å². The lowest BCUT2D eigenvalue weighted by Crippen LogP contribution is -2.18. The third kappa shape index (κ3) is 3.76.